The molecule has 1 aliphatic heterocycles. The van der Waals surface area contributed by atoms with Gasteiger partial charge in [0.2, 0.25) is 0 Å². The van der Waals surface area contributed by atoms with Gasteiger partial charge in [0.15, 0.2) is 11.5 Å². The molecule has 35 heavy (non-hydrogen) atoms. The van der Waals surface area contributed by atoms with Gasteiger partial charge in [0, 0.05) is 24.5 Å². The number of benzene rings is 1. The number of anilines is 1. The van der Waals surface area contributed by atoms with E-state index in [-0.39, 0.29) is 6.61 Å². The van der Waals surface area contributed by atoms with Crippen LogP contribution in [0.4, 0.5) is 19.0 Å². The van der Waals surface area contributed by atoms with E-state index in [0.717, 1.165) is 60.4 Å². The molecule has 1 fully saturated rings. The molecule has 0 atom stereocenters. The fourth-order valence-corrected chi connectivity index (χ4v) is 4.44. The van der Waals surface area contributed by atoms with Gasteiger partial charge in [-0.15, -0.1) is 0 Å². The van der Waals surface area contributed by atoms with Crippen molar-refractivity contribution < 1.29 is 37.7 Å². The van der Waals surface area contributed by atoms with Gasteiger partial charge in [0.05, 0.1) is 25.8 Å². The topological polar surface area (TPSA) is 104 Å². The Bertz CT molecular complexity index is 1010. The largest absolute Gasteiger partial charge is 0.493 e. The van der Waals surface area contributed by atoms with Crippen molar-refractivity contribution >= 4 is 22.7 Å². The lowest BCUT2D eigenvalue weighted by Gasteiger charge is -2.17. The van der Waals surface area contributed by atoms with E-state index in [1.807, 2.05) is 6.07 Å². The highest BCUT2D eigenvalue weighted by atomic mass is 19.4. The van der Waals surface area contributed by atoms with E-state index in [1.165, 1.54) is 37.1 Å². The number of nitrogens with one attached hydrogen (secondary N) is 1. The highest BCUT2D eigenvalue weighted by molar-refractivity contribution is 5.89. The third-order valence-electron chi connectivity index (χ3n) is 6.06. The first-order valence-corrected chi connectivity index (χ1v) is 11.8. The zero-order chi connectivity index (χ0) is 25.4. The quantitative estimate of drug-likeness (QED) is 0.450. The Balaban J connectivity index is 0.000000429. The Kier molecular flexibility index (Phi) is 9.39. The summed E-state index contributed by atoms with van der Waals surface area (Å²) in [5.41, 5.74) is 3.56. The molecule has 1 aromatic heterocycles. The lowest BCUT2D eigenvalue weighted by molar-refractivity contribution is -0.192. The molecular formula is C24H32F3N3O5. The highest BCUT2D eigenvalue weighted by Gasteiger charge is 2.38. The third kappa shape index (κ3) is 7.11. The van der Waals surface area contributed by atoms with E-state index in [2.05, 4.69) is 16.3 Å². The molecule has 0 bridgehead atoms. The number of fused-ring (bicyclic) bond motifs is 3. The number of aromatic nitrogens is 1. The van der Waals surface area contributed by atoms with Crippen molar-refractivity contribution in [2.24, 2.45) is 0 Å². The van der Waals surface area contributed by atoms with E-state index >= 15 is 0 Å². The van der Waals surface area contributed by atoms with Gasteiger partial charge < -0.3 is 29.9 Å². The first kappa shape index (κ1) is 26.8. The van der Waals surface area contributed by atoms with Crippen LogP contribution in [0.3, 0.4) is 0 Å². The summed E-state index contributed by atoms with van der Waals surface area (Å²) in [5.74, 6) is -0.317. The molecule has 2 aromatic rings. The second-order valence-corrected chi connectivity index (χ2v) is 8.50. The molecular weight excluding hydrogens is 467 g/mol. The van der Waals surface area contributed by atoms with E-state index in [9.17, 15) is 18.3 Å². The molecule has 194 valence electrons. The zero-order valence-electron chi connectivity index (χ0n) is 19.8. The predicted molar refractivity (Wildman–Crippen MR) is 125 cm³/mol. The van der Waals surface area contributed by atoms with Crippen LogP contribution in [0.1, 0.15) is 36.8 Å². The van der Waals surface area contributed by atoms with Crippen LogP contribution in [0, 0.1) is 0 Å². The van der Waals surface area contributed by atoms with Gasteiger partial charge in [-0.25, -0.2) is 9.78 Å². The fraction of sp³-hybridized carbons (Fsp3) is 0.583. The molecule has 3 N–H and O–H groups in total. The van der Waals surface area contributed by atoms with Gasteiger partial charge in [0.25, 0.3) is 0 Å². The Morgan fingerprint density at radius 2 is 1.83 bits per heavy atom. The number of likely N-dealkylation sites (tertiary alicyclic amines) is 1. The van der Waals surface area contributed by atoms with Crippen LogP contribution >= 0.6 is 0 Å². The summed E-state index contributed by atoms with van der Waals surface area (Å²) in [6.07, 6.45) is 1.80. The second-order valence-electron chi connectivity index (χ2n) is 8.50. The average Bonchev–Trinajstić information content (AvgIpc) is 3.52. The molecule has 1 aromatic carbocycles. The standard InChI is InChI=1S/C22H31N3O3.C2HF3O2/c1-27-20-14-18-16-6-4-7-17(16)22(23-8-12-26)24-19(18)15-21(20)28-13-5-11-25-9-2-3-10-25;3-2(4,5)1(6)7/h14-15,26H,2-13H2,1H3,(H,23,24);(H,6,7). The Morgan fingerprint density at radius 3 is 2.46 bits per heavy atom. The smallest absolute Gasteiger partial charge is 0.490 e. The van der Waals surface area contributed by atoms with Gasteiger partial charge in [-0.1, -0.05) is 0 Å². The normalized spacial score (nSPS) is 15.5. The van der Waals surface area contributed by atoms with Gasteiger partial charge in [-0.3, -0.25) is 0 Å². The molecule has 0 spiro atoms. The summed E-state index contributed by atoms with van der Waals surface area (Å²) in [6.45, 7) is 4.83. The summed E-state index contributed by atoms with van der Waals surface area (Å²) >= 11 is 0. The van der Waals surface area contributed by atoms with Crippen LogP contribution < -0.4 is 14.8 Å². The number of carboxylic acids is 1. The lowest BCUT2D eigenvalue weighted by atomic mass is 10.0. The Hall–Kier alpha value is -2.79. The third-order valence-corrected chi connectivity index (χ3v) is 6.06. The minimum absolute atomic E-state index is 0.0997. The van der Waals surface area contributed by atoms with Crippen LogP contribution in [-0.2, 0) is 17.6 Å². The predicted octanol–water partition coefficient (Wildman–Crippen LogP) is 3.63. The number of aliphatic hydroxyl groups excluding tert-OH is 1. The number of carbonyl (C=O) groups is 1. The van der Waals surface area contributed by atoms with Crippen LogP contribution in [0.2, 0.25) is 0 Å². The molecule has 4 rings (SSSR count). The number of ether oxygens (including phenoxy) is 2. The number of halogens is 3. The maximum absolute atomic E-state index is 10.6. The maximum Gasteiger partial charge on any atom is 0.490 e. The maximum atomic E-state index is 10.6. The van der Waals surface area contributed by atoms with Crippen molar-refractivity contribution in [2.75, 3.05) is 51.8 Å². The van der Waals surface area contributed by atoms with Crippen molar-refractivity contribution in [3.05, 3.63) is 23.3 Å². The summed E-state index contributed by atoms with van der Waals surface area (Å²) in [4.78, 5) is 16.2. The monoisotopic (exact) mass is 499 g/mol. The molecule has 8 nitrogen and oxygen atoms in total. The first-order chi connectivity index (χ1) is 16.7. The van der Waals surface area contributed by atoms with Crippen molar-refractivity contribution in [1.29, 1.82) is 0 Å². The molecule has 2 aliphatic rings. The van der Waals surface area contributed by atoms with Crippen LogP contribution in [0.5, 0.6) is 11.5 Å². The number of alkyl halides is 3. The summed E-state index contributed by atoms with van der Waals surface area (Å²) in [5, 5.41) is 20.7. The number of rotatable bonds is 9. The molecule has 1 saturated heterocycles. The van der Waals surface area contributed by atoms with Crippen molar-refractivity contribution in [3.8, 4) is 11.5 Å². The minimum atomic E-state index is -5.08. The van der Waals surface area contributed by atoms with Crippen molar-refractivity contribution in [2.45, 2.75) is 44.7 Å². The fourth-order valence-electron chi connectivity index (χ4n) is 4.44. The molecule has 0 unspecified atom stereocenters. The van der Waals surface area contributed by atoms with Crippen LogP contribution in [0.25, 0.3) is 10.9 Å². The van der Waals surface area contributed by atoms with Gasteiger partial charge >= 0.3 is 12.1 Å². The summed E-state index contributed by atoms with van der Waals surface area (Å²) < 4.78 is 43.4. The van der Waals surface area contributed by atoms with Crippen molar-refractivity contribution in [3.63, 3.8) is 0 Å². The van der Waals surface area contributed by atoms with Gasteiger partial charge in [-0.2, -0.15) is 13.2 Å². The summed E-state index contributed by atoms with van der Waals surface area (Å²) in [6, 6.07) is 4.09. The number of carboxylic acid groups (broad SMARTS) is 1. The second kappa shape index (κ2) is 12.3. The number of aliphatic carboxylic acids is 1. The first-order valence-electron chi connectivity index (χ1n) is 11.8. The minimum Gasteiger partial charge on any atom is -0.493 e. The van der Waals surface area contributed by atoms with Gasteiger partial charge in [0.1, 0.15) is 5.82 Å². The number of hydrogen-bond acceptors (Lipinski definition) is 7. The molecule has 11 heteroatoms. The number of pyridine rings is 1. The van der Waals surface area contributed by atoms with Crippen molar-refractivity contribution in [1.82, 2.24) is 9.88 Å². The molecule has 0 amide bonds. The number of methoxy groups -OCH3 is 1. The lowest BCUT2D eigenvalue weighted by Crippen LogP contribution is -2.21. The summed E-state index contributed by atoms with van der Waals surface area (Å²) in [7, 11) is 1.70. The van der Waals surface area contributed by atoms with Gasteiger partial charge in [-0.05, 0) is 68.8 Å². The number of aryl methyl sites for hydroxylation is 1. The molecule has 2 heterocycles. The SMILES string of the molecule is COc1cc2c3c(c(NCCO)nc2cc1OCCCN1CCCC1)CCC3.O=C(O)C(F)(F)F. The van der Waals surface area contributed by atoms with E-state index in [0.29, 0.717) is 13.2 Å². The van der Waals surface area contributed by atoms with E-state index in [4.69, 9.17) is 24.4 Å². The number of aliphatic hydroxyl groups is 1. The van der Waals surface area contributed by atoms with Crippen LogP contribution in [0.15, 0.2) is 12.1 Å². The van der Waals surface area contributed by atoms with Crippen LogP contribution in [-0.4, -0.2) is 78.7 Å². The number of hydrogen-bond donors (Lipinski definition) is 3. The molecule has 0 saturated carbocycles. The average molecular weight is 500 g/mol. The highest BCUT2D eigenvalue weighted by Crippen LogP contribution is 2.39. The molecule has 1 aliphatic carbocycles. The van der Waals surface area contributed by atoms with E-state index in [1.54, 1.807) is 7.11 Å². The van der Waals surface area contributed by atoms with E-state index < -0.39 is 12.1 Å². The number of nitrogens with zero attached hydrogens (tertiary/aromatic N) is 2. The Labute approximate surface area is 202 Å². The zero-order valence-corrected chi connectivity index (χ0v) is 19.8. The molecule has 0 radical (unpaired) electrons. The Morgan fingerprint density at radius 1 is 1.14 bits per heavy atom.